The van der Waals surface area contributed by atoms with Gasteiger partial charge in [-0.05, 0) is 26.8 Å². The fraction of sp³-hybridized carbons (Fsp3) is 0.333. The monoisotopic (exact) mass is 301 g/mol. The maximum absolute atomic E-state index is 13.5. The summed E-state index contributed by atoms with van der Waals surface area (Å²) in [6, 6.07) is 3.65. The zero-order valence-corrected chi connectivity index (χ0v) is 12.6. The Labute approximate surface area is 127 Å². The molecule has 3 aromatic heterocycles. The lowest BCUT2D eigenvalue weighted by Gasteiger charge is -2.09. The maximum atomic E-state index is 13.5. The number of ether oxygens (including phenoxy) is 1. The van der Waals surface area contributed by atoms with Crippen LogP contribution in [0.15, 0.2) is 30.7 Å². The lowest BCUT2D eigenvalue weighted by atomic mass is 10.2. The largest absolute Gasteiger partial charge is 0.475 e. The molecule has 3 rings (SSSR count). The third-order valence-corrected chi connectivity index (χ3v) is 3.06. The third kappa shape index (κ3) is 2.74. The fourth-order valence-corrected chi connectivity index (χ4v) is 2.08. The second kappa shape index (κ2) is 5.67. The number of alkyl halides is 1. The van der Waals surface area contributed by atoms with E-state index in [-0.39, 0.29) is 11.9 Å². The summed E-state index contributed by atoms with van der Waals surface area (Å²) in [6.45, 7) is 5.31. The van der Waals surface area contributed by atoms with Crippen LogP contribution in [0.1, 0.15) is 32.8 Å². The lowest BCUT2D eigenvalue weighted by Crippen LogP contribution is -2.06. The third-order valence-electron chi connectivity index (χ3n) is 3.06. The Morgan fingerprint density at radius 3 is 2.55 bits per heavy atom. The van der Waals surface area contributed by atoms with Gasteiger partial charge in [0.1, 0.15) is 0 Å². The minimum absolute atomic E-state index is 0.0680. The van der Waals surface area contributed by atoms with Gasteiger partial charge in [0.2, 0.25) is 5.88 Å². The zero-order valence-electron chi connectivity index (χ0n) is 12.6. The van der Waals surface area contributed by atoms with Crippen LogP contribution in [0.3, 0.4) is 0 Å². The zero-order chi connectivity index (χ0) is 15.7. The highest BCUT2D eigenvalue weighted by molar-refractivity contribution is 5.59. The van der Waals surface area contributed by atoms with Gasteiger partial charge in [-0.15, -0.1) is 10.2 Å². The molecule has 0 bridgehead atoms. The van der Waals surface area contributed by atoms with Crippen molar-refractivity contribution in [3.8, 4) is 17.1 Å². The van der Waals surface area contributed by atoms with E-state index in [0.717, 1.165) is 5.56 Å². The van der Waals surface area contributed by atoms with Crippen molar-refractivity contribution in [2.45, 2.75) is 33.0 Å². The Morgan fingerprint density at radius 1 is 1.09 bits per heavy atom. The molecule has 0 fully saturated rings. The van der Waals surface area contributed by atoms with E-state index in [0.29, 0.717) is 17.2 Å². The van der Waals surface area contributed by atoms with Gasteiger partial charge in [-0.3, -0.25) is 9.38 Å². The summed E-state index contributed by atoms with van der Waals surface area (Å²) in [6.07, 6.45) is 3.81. The lowest BCUT2D eigenvalue weighted by molar-refractivity contribution is 0.232. The molecule has 1 atom stereocenters. The molecule has 0 N–H and O–H groups in total. The van der Waals surface area contributed by atoms with Crippen LogP contribution in [0.4, 0.5) is 4.39 Å². The van der Waals surface area contributed by atoms with E-state index in [4.69, 9.17) is 4.74 Å². The van der Waals surface area contributed by atoms with Gasteiger partial charge in [0.25, 0.3) is 0 Å². The number of fused-ring (bicyclic) bond motifs is 1. The quantitative estimate of drug-likeness (QED) is 0.741. The van der Waals surface area contributed by atoms with Crippen LogP contribution in [0, 0.1) is 0 Å². The number of aromatic nitrogens is 5. The molecule has 3 aromatic rings. The van der Waals surface area contributed by atoms with Gasteiger partial charge in [0.15, 0.2) is 17.6 Å². The smallest absolute Gasteiger partial charge is 0.213 e. The molecule has 6 nitrogen and oxygen atoms in total. The predicted octanol–water partition coefficient (Wildman–Crippen LogP) is 3.00. The van der Waals surface area contributed by atoms with Crippen molar-refractivity contribution in [3.63, 3.8) is 0 Å². The summed E-state index contributed by atoms with van der Waals surface area (Å²) in [5, 5.41) is 7.74. The molecule has 0 aromatic carbocycles. The first-order chi connectivity index (χ1) is 10.5. The Bertz CT molecular complexity index is 782. The molecule has 3 heterocycles. The number of halogens is 1. The minimum Gasteiger partial charge on any atom is -0.475 e. The molecular formula is C15H16FN5O. The van der Waals surface area contributed by atoms with Crippen LogP contribution in [0.25, 0.3) is 16.9 Å². The highest BCUT2D eigenvalue weighted by Crippen LogP contribution is 2.21. The highest BCUT2D eigenvalue weighted by atomic mass is 19.1. The Kier molecular flexibility index (Phi) is 3.70. The molecule has 0 spiro atoms. The molecule has 0 aliphatic heterocycles. The molecule has 0 saturated carbocycles. The molecule has 7 heteroatoms. The number of pyridine rings is 1. The standard InChI is InChI=1S/C15H16FN5O/c1-9(2)22-14-5-4-11(6-18-14)12-8-21-13(7-17-12)19-20-15(21)10(3)16/h4-10H,1-3H3. The summed E-state index contributed by atoms with van der Waals surface area (Å²) in [5.74, 6) is 0.813. The summed E-state index contributed by atoms with van der Waals surface area (Å²) < 4.78 is 20.6. The van der Waals surface area contributed by atoms with Crippen molar-refractivity contribution >= 4 is 5.65 Å². The number of hydrogen-bond donors (Lipinski definition) is 0. The fourth-order valence-electron chi connectivity index (χ4n) is 2.08. The molecule has 1 unspecified atom stereocenters. The van der Waals surface area contributed by atoms with Crippen LogP contribution in [0.5, 0.6) is 5.88 Å². The van der Waals surface area contributed by atoms with Crippen LogP contribution in [-0.2, 0) is 0 Å². The average molecular weight is 301 g/mol. The van der Waals surface area contributed by atoms with Crippen molar-refractivity contribution in [1.82, 2.24) is 24.6 Å². The highest BCUT2D eigenvalue weighted by Gasteiger charge is 2.13. The first-order valence-corrected chi connectivity index (χ1v) is 7.02. The van der Waals surface area contributed by atoms with Gasteiger partial charge in [0, 0.05) is 24.0 Å². The molecule has 0 saturated heterocycles. The summed E-state index contributed by atoms with van der Waals surface area (Å²) in [7, 11) is 0. The molecule has 114 valence electrons. The van der Waals surface area contributed by atoms with Gasteiger partial charge in [-0.2, -0.15) is 0 Å². The first kappa shape index (κ1) is 14.4. The van der Waals surface area contributed by atoms with Gasteiger partial charge >= 0.3 is 0 Å². The topological polar surface area (TPSA) is 65.2 Å². The molecule has 0 aliphatic rings. The SMILES string of the molecule is CC(C)Oc1ccc(-c2cn3c(C(C)F)nnc3cn2)cn1. The van der Waals surface area contributed by atoms with Gasteiger partial charge in [-0.25, -0.2) is 9.37 Å². The first-order valence-electron chi connectivity index (χ1n) is 7.02. The molecule has 0 amide bonds. The van der Waals surface area contributed by atoms with E-state index in [2.05, 4.69) is 20.2 Å². The average Bonchev–Trinajstić information content (AvgIpc) is 2.90. The number of nitrogens with zero attached hydrogens (tertiary/aromatic N) is 5. The van der Waals surface area contributed by atoms with Crippen LogP contribution in [0.2, 0.25) is 0 Å². The van der Waals surface area contributed by atoms with Crippen molar-refractivity contribution in [2.75, 3.05) is 0 Å². The maximum Gasteiger partial charge on any atom is 0.213 e. The normalized spacial score (nSPS) is 12.8. The van der Waals surface area contributed by atoms with Gasteiger partial charge in [0.05, 0.1) is 18.0 Å². The van der Waals surface area contributed by atoms with Crippen LogP contribution < -0.4 is 4.74 Å². The number of rotatable bonds is 4. The molecular weight excluding hydrogens is 285 g/mol. The Hall–Kier alpha value is -2.57. The summed E-state index contributed by atoms with van der Waals surface area (Å²) in [5.41, 5.74) is 1.98. The molecule has 0 radical (unpaired) electrons. The Morgan fingerprint density at radius 2 is 1.91 bits per heavy atom. The minimum atomic E-state index is -1.20. The van der Waals surface area contributed by atoms with Crippen molar-refractivity contribution < 1.29 is 9.13 Å². The summed E-state index contributed by atoms with van der Waals surface area (Å²) >= 11 is 0. The van der Waals surface area contributed by atoms with Crippen molar-refractivity contribution in [2.24, 2.45) is 0 Å². The van der Waals surface area contributed by atoms with Crippen molar-refractivity contribution in [1.29, 1.82) is 0 Å². The Balaban J connectivity index is 1.97. The van der Waals surface area contributed by atoms with E-state index in [1.807, 2.05) is 19.9 Å². The van der Waals surface area contributed by atoms with Gasteiger partial charge < -0.3 is 4.74 Å². The molecule has 0 aliphatic carbocycles. The number of hydrogen-bond acceptors (Lipinski definition) is 5. The predicted molar refractivity (Wildman–Crippen MR) is 79.3 cm³/mol. The van der Waals surface area contributed by atoms with E-state index < -0.39 is 6.17 Å². The second-order valence-corrected chi connectivity index (χ2v) is 5.23. The van der Waals surface area contributed by atoms with Crippen molar-refractivity contribution in [3.05, 3.63) is 36.5 Å². The second-order valence-electron chi connectivity index (χ2n) is 5.23. The van der Waals surface area contributed by atoms with Gasteiger partial charge in [-0.1, -0.05) is 0 Å². The van der Waals surface area contributed by atoms with E-state index >= 15 is 0 Å². The van der Waals surface area contributed by atoms with E-state index in [1.54, 1.807) is 29.1 Å². The van der Waals surface area contributed by atoms with E-state index in [9.17, 15) is 4.39 Å². The van der Waals surface area contributed by atoms with Crippen LogP contribution in [-0.4, -0.2) is 30.7 Å². The summed E-state index contributed by atoms with van der Waals surface area (Å²) in [4.78, 5) is 8.56. The van der Waals surface area contributed by atoms with E-state index in [1.165, 1.54) is 6.92 Å². The van der Waals surface area contributed by atoms with Crippen LogP contribution >= 0.6 is 0 Å². The molecule has 22 heavy (non-hydrogen) atoms.